The van der Waals surface area contributed by atoms with Gasteiger partial charge in [-0.3, -0.25) is 9.59 Å². The number of carboxylic acid groups (broad SMARTS) is 1. The van der Waals surface area contributed by atoms with E-state index >= 15 is 0 Å². The molecule has 0 spiro atoms. The molecule has 0 aromatic heterocycles. The summed E-state index contributed by atoms with van der Waals surface area (Å²) >= 11 is 0. The number of aliphatic carboxylic acids is 1. The van der Waals surface area contributed by atoms with Crippen molar-refractivity contribution in [3.05, 3.63) is 0 Å². The molecule has 0 rings (SSSR count). The number of carboxylic acids is 1. The molecule has 0 bridgehead atoms. The normalized spacial score (nSPS) is 7.22. The molecular formula is C4H7O4Rb. The van der Waals surface area contributed by atoms with Gasteiger partial charge in [0.05, 0.1) is 7.11 Å². The Labute approximate surface area is 103 Å². The van der Waals surface area contributed by atoms with E-state index in [9.17, 15) is 9.59 Å². The third kappa shape index (κ3) is 8.75. The summed E-state index contributed by atoms with van der Waals surface area (Å²) in [5, 5.41) is 7.91. The molecular weight excluding hydrogens is 198 g/mol. The SMILES string of the molecule is COC(=O)CC(=O)O.[H-].[Rb+]. The van der Waals surface area contributed by atoms with Gasteiger partial charge in [0.15, 0.2) is 0 Å². The van der Waals surface area contributed by atoms with Crippen molar-refractivity contribution in [3.63, 3.8) is 0 Å². The van der Waals surface area contributed by atoms with Gasteiger partial charge >= 0.3 is 70.1 Å². The van der Waals surface area contributed by atoms with Gasteiger partial charge in [-0.2, -0.15) is 0 Å². The van der Waals surface area contributed by atoms with Crippen LogP contribution in [0.25, 0.3) is 0 Å². The van der Waals surface area contributed by atoms with Gasteiger partial charge in [0.1, 0.15) is 6.42 Å². The number of carbonyl (C=O) groups is 2. The van der Waals surface area contributed by atoms with E-state index in [2.05, 4.69) is 4.74 Å². The summed E-state index contributed by atoms with van der Waals surface area (Å²) in [6, 6.07) is 0. The van der Waals surface area contributed by atoms with Crippen LogP contribution in [0.15, 0.2) is 0 Å². The van der Waals surface area contributed by atoms with Crippen molar-refractivity contribution >= 4 is 11.9 Å². The molecule has 0 atom stereocenters. The van der Waals surface area contributed by atoms with Crippen LogP contribution in [0.4, 0.5) is 0 Å². The zero-order chi connectivity index (χ0) is 6.57. The molecule has 0 aliphatic carbocycles. The van der Waals surface area contributed by atoms with Crippen molar-refractivity contribution < 1.29 is 79.0 Å². The molecule has 48 valence electrons. The molecule has 0 saturated carbocycles. The van der Waals surface area contributed by atoms with Crippen LogP contribution >= 0.6 is 0 Å². The van der Waals surface area contributed by atoms with Crippen molar-refractivity contribution in [1.29, 1.82) is 0 Å². The first-order valence-corrected chi connectivity index (χ1v) is 1.95. The van der Waals surface area contributed by atoms with Gasteiger partial charge < -0.3 is 11.3 Å². The predicted molar refractivity (Wildman–Crippen MR) is 25.4 cm³/mol. The van der Waals surface area contributed by atoms with Gasteiger partial charge in [-0.25, -0.2) is 0 Å². The molecule has 1 N–H and O–H groups in total. The zero-order valence-electron chi connectivity index (χ0n) is 6.38. The zero-order valence-corrected chi connectivity index (χ0v) is 10.3. The Morgan fingerprint density at radius 2 is 2.11 bits per heavy atom. The van der Waals surface area contributed by atoms with E-state index in [-0.39, 0.29) is 59.6 Å². The van der Waals surface area contributed by atoms with Gasteiger partial charge in [0.2, 0.25) is 0 Å². The van der Waals surface area contributed by atoms with Gasteiger partial charge in [-0.1, -0.05) is 0 Å². The summed E-state index contributed by atoms with van der Waals surface area (Å²) in [6.07, 6.45) is -0.559. The summed E-state index contributed by atoms with van der Waals surface area (Å²) < 4.78 is 4.04. The third-order valence-corrected chi connectivity index (χ3v) is 0.523. The van der Waals surface area contributed by atoms with Crippen molar-refractivity contribution in [3.8, 4) is 0 Å². The first-order valence-electron chi connectivity index (χ1n) is 1.95. The standard InChI is InChI=1S/C4H6O4.Rb.H/c1-8-4(7)2-3(5)6;;/h2H2,1H3,(H,5,6);;/q;+1;-1. The van der Waals surface area contributed by atoms with Gasteiger partial charge in [-0.15, -0.1) is 0 Å². The molecule has 0 aliphatic heterocycles. The van der Waals surface area contributed by atoms with Gasteiger partial charge in [0.25, 0.3) is 0 Å². The molecule has 0 aliphatic rings. The van der Waals surface area contributed by atoms with Crippen molar-refractivity contribution in [1.82, 2.24) is 0 Å². The number of rotatable bonds is 2. The van der Waals surface area contributed by atoms with Gasteiger partial charge in [0, 0.05) is 0 Å². The minimum atomic E-state index is -1.17. The van der Waals surface area contributed by atoms with Gasteiger partial charge in [-0.05, 0) is 0 Å². The Morgan fingerprint density at radius 3 is 2.22 bits per heavy atom. The van der Waals surface area contributed by atoms with Crippen molar-refractivity contribution in [2.24, 2.45) is 0 Å². The summed E-state index contributed by atoms with van der Waals surface area (Å²) in [5.74, 6) is -1.89. The van der Waals surface area contributed by atoms with Crippen LogP contribution in [0.2, 0.25) is 0 Å². The maximum Gasteiger partial charge on any atom is 1.00 e. The maximum atomic E-state index is 10.0. The maximum absolute atomic E-state index is 10.0. The van der Waals surface area contributed by atoms with E-state index < -0.39 is 18.4 Å². The molecule has 0 heterocycles. The fraction of sp³-hybridized carbons (Fsp3) is 0.500. The molecule has 0 radical (unpaired) electrons. The molecule has 0 aromatic rings. The van der Waals surface area contributed by atoms with E-state index in [1.54, 1.807) is 0 Å². The van der Waals surface area contributed by atoms with E-state index in [4.69, 9.17) is 5.11 Å². The smallest absolute Gasteiger partial charge is 1.00 e. The minimum Gasteiger partial charge on any atom is -1.00 e. The summed E-state index contributed by atoms with van der Waals surface area (Å²) in [4.78, 5) is 19.7. The van der Waals surface area contributed by atoms with Crippen LogP contribution in [0.1, 0.15) is 7.85 Å². The molecule has 4 nitrogen and oxygen atoms in total. The molecule has 9 heavy (non-hydrogen) atoms. The first-order chi connectivity index (χ1) is 3.66. The minimum absolute atomic E-state index is 0. The number of ether oxygens (including phenoxy) is 1. The first kappa shape index (κ1) is 12.4. The van der Waals surface area contributed by atoms with E-state index in [0.717, 1.165) is 7.11 Å². The second kappa shape index (κ2) is 6.86. The Hall–Kier alpha value is 0.745. The van der Waals surface area contributed by atoms with Crippen LogP contribution in [0, 0.1) is 0 Å². The van der Waals surface area contributed by atoms with Crippen LogP contribution < -0.4 is 58.2 Å². The van der Waals surface area contributed by atoms with Crippen molar-refractivity contribution in [2.45, 2.75) is 6.42 Å². The Kier molecular flexibility index (Phi) is 9.47. The molecule has 0 fully saturated rings. The average Bonchev–Trinajstić information content (AvgIpc) is 1.65. The largest absolute Gasteiger partial charge is 1.00 e. The monoisotopic (exact) mass is 204 g/mol. The third-order valence-electron chi connectivity index (χ3n) is 0.523. The fourth-order valence-electron chi connectivity index (χ4n) is 0.196. The number of hydrogen-bond acceptors (Lipinski definition) is 3. The Morgan fingerprint density at radius 1 is 1.67 bits per heavy atom. The average molecular weight is 205 g/mol. The second-order valence-electron chi connectivity index (χ2n) is 1.15. The topological polar surface area (TPSA) is 63.6 Å². The van der Waals surface area contributed by atoms with E-state index in [1.165, 1.54) is 0 Å². The molecule has 0 amide bonds. The summed E-state index contributed by atoms with van der Waals surface area (Å²) in [5.41, 5.74) is 0. The molecule has 0 unspecified atom stereocenters. The fourth-order valence-corrected chi connectivity index (χ4v) is 0.196. The summed E-state index contributed by atoms with van der Waals surface area (Å²) in [7, 11) is 1.14. The summed E-state index contributed by atoms with van der Waals surface area (Å²) in [6.45, 7) is 0. The number of methoxy groups -OCH3 is 1. The van der Waals surface area contributed by atoms with Crippen LogP contribution in [-0.4, -0.2) is 24.2 Å². The predicted octanol–water partition coefficient (Wildman–Crippen LogP) is -3.25. The molecule has 0 saturated heterocycles. The van der Waals surface area contributed by atoms with Crippen molar-refractivity contribution in [2.75, 3.05) is 7.11 Å². The number of carbonyl (C=O) groups excluding carboxylic acids is 1. The van der Waals surface area contributed by atoms with E-state index in [1.807, 2.05) is 0 Å². The van der Waals surface area contributed by atoms with Crippen LogP contribution in [-0.2, 0) is 14.3 Å². The Bertz CT molecular complexity index is 116. The number of hydrogen-bond donors (Lipinski definition) is 1. The quantitative estimate of drug-likeness (QED) is 0.379. The second-order valence-corrected chi connectivity index (χ2v) is 1.15. The van der Waals surface area contributed by atoms with Crippen LogP contribution in [0.5, 0.6) is 0 Å². The number of esters is 1. The molecule has 5 heteroatoms. The molecule has 0 aromatic carbocycles. The Balaban J connectivity index is -0.000000245. The van der Waals surface area contributed by atoms with E-state index in [0.29, 0.717) is 0 Å². The van der Waals surface area contributed by atoms with Crippen LogP contribution in [0.3, 0.4) is 0 Å².